The van der Waals surface area contributed by atoms with Crippen molar-refractivity contribution in [2.24, 2.45) is 0 Å². The number of aryl methyl sites for hydroxylation is 3. The predicted octanol–water partition coefficient (Wildman–Crippen LogP) is 4.53. The van der Waals surface area contributed by atoms with E-state index >= 15 is 0 Å². The molecule has 0 aliphatic carbocycles. The van der Waals surface area contributed by atoms with E-state index < -0.39 is 0 Å². The first-order valence-corrected chi connectivity index (χ1v) is 10.9. The van der Waals surface area contributed by atoms with Crippen LogP contribution in [0, 0.1) is 19.7 Å². The second-order valence-electron chi connectivity index (χ2n) is 7.76. The van der Waals surface area contributed by atoms with Crippen LogP contribution < -0.4 is 4.90 Å². The molecule has 1 aromatic carbocycles. The maximum atomic E-state index is 13.2. The highest BCUT2D eigenvalue weighted by molar-refractivity contribution is 7.17. The number of Topliss-reactive ketones (excluding diaryl/α,β-unsaturated/α-hetero) is 1. The van der Waals surface area contributed by atoms with Gasteiger partial charge in [-0.1, -0.05) is 28.6 Å². The molecule has 0 spiro atoms. The van der Waals surface area contributed by atoms with Crippen molar-refractivity contribution < 1.29 is 18.5 Å². The Balaban J connectivity index is 1.45. The van der Waals surface area contributed by atoms with Gasteiger partial charge in [0.1, 0.15) is 11.6 Å². The van der Waals surface area contributed by atoms with Crippen molar-refractivity contribution >= 4 is 28.3 Å². The topological polar surface area (TPSA) is 79.5 Å². The molecule has 31 heavy (non-hydrogen) atoms. The van der Waals surface area contributed by atoms with Crippen molar-refractivity contribution in [1.82, 2.24) is 15.0 Å². The van der Waals surface area contributed by atoms with Crippen molar-refractivity contribution in [2.45, 2.75) is 46.2 Å². The first kappa shape index (κ1) is 21.2. The molecule has 0 saturated carbocycles. The van der Waals surface area contributed by atoms with Gasteiger partial charge in [0.25, 0.3) is 0 Å². The maximum absolute atomic E-state index is 13.2. The Kier molecular flexibility index (Phi) is 5.86. The van der Waals surface area contributed by atoms with Gasteiger partial charge in [-0.15, -0.1) is 0 Å². The van der Waals surface area contributed by atoms with Crippen LogP contribution >= 0.6 is 11.3 Å². The standard InChI is InChI=1S/C22H23FN4O3S/c1-13-11-27(22(29)26(13)12-16-4-6-17(23)7-5-16)21-24-15(3)20(31-21)19(28)9-8-18-10-14(2)30-25-18/h4-7,10,13H,8-9,11-12H2,1-3H3/t13-/m1/s1. The summed E-state index contributed by atoms with van der Waals surface area (Å²) < 4.78 is 18.2. The molecule has 9 heteroatoms. The summed E-state index contributed by atoms with van der Waals surface area (Å²) in [6.07, 6.45) is 0.795. The van der Waals surface area contributed by atoms with Crippen LogP contribution in [0.3, 0.4) is 0 Å². The first-order chi connectivity index (χ1) is 14.8. The lowest BCUT2D eigenvalue weighted by atomic mass is 10.1. The summed E-state index contributed by atoms with van der Waals surface area (Å²) in [6, 6.07) is 7.76. The molecule has 3 heterocycles. The summed E-state index contributed by atoms with van der Waals surface area (Å²) in [5.74, 6) is 0.385. The lowest BCUT2D eigenvalue weighted by Gasteiger charge is -2.20. The average Bonchev–Trinajstić information content (AvgIpc) is 3.41. The van der Waals surface area contributed by atoms with Gasteiger partial charge in [-0.3, -0.25) is 9.69 Å². The Bertz CT molecular complexity index is 1110. The third-order valence-electron chi connectivity index (χ3n) is 5.28. The van der Waals surface area contributed by atoms with E-state index in [1.807, 2.05) is 19.9 Å². The fraction of sp³-hybridized carbons (Fsp3) is 0.364. The van der Waals surface area contributed by atoms with Crippen molar-refractivity contribution in [3.63, 3.8) is 0 Å². The average molecular weight is 443 g/mol. The van der Waals surface area contributed by atoms with E-state index in [1.165, 1.54) is 23.5 Å². The number of hydrogen-bond donors (Lipinski definition) is 0. The highest BCUT2D eigenvalue weighted by atomic mass is 32.1. The highest BCUT2D eigenvalue weighted by Crippen LogP contribution is 2.32. The zero-order chi connectivity index (χ0) is 22.1. The Morgan fingerprint density at radius 1 is 1.29 bits per heavy atom. The minimum absolute atomic E-state index is 0.0234. The van der Waals surface area contributed by atoms with Gasteiger partial charge in [0.05, 0.1) is 22.8 Å². The highest BCUT2D eigenvalue weighted by Gasteiger charge is 2.37. The van der Waals surface area contributed by atoms with E-state index in [-0.39, 0.29) is 23.7 Å². The van der Waals surface area contributed by atoms with Crippen molar-refractivity contribution in [2.75, 3.05) is 11.4 Å². The van der Waals surface area contributed by atoms with Crippen LogP contribution in [0.2, 0.25) is 0 Å². The molecule has 2 amide bonds. The second kappa shape index (κ2) is 8.58. The second-order valence-corrected chi connectivity index (χ2v) is 8.74. The molecule has 1 aliphatic heterocycles. The van der Waals surface area contributed by atoms with Gasteiger partial charge in [-0.25, -0.2) is 14.2 Å². The van der Waals surface area contributed by atoms with Crippen molar-refractivity contribution in [1.29, 1.82) is 0 Å². The number of thiazole rings is 1. The number of benzene rings is 1. The zero-order valence-electron chi connectivity index (χ0n) is 17.6. The fourth-order valence-corrected chi connectivity index (χ4v) is 4.64. The molecule has 1 atom stereocenters. The number of rotatable bonds is 7. The molecule has 3 aromatic rings. The Morgan fingerprint density at radius 3 is 2.71 bits per heavy atom. The number of carbonyl (C=O) groups is 2. The van der Waals surface area contributed by atoms with E-state index in [2.05, 4.69) is 10.1 Å². The Labute approximate surface area is 183 Å². The summed E-state index contributed by atoms with van der Waals surface area (Å²) in [7, 11) is 0. The third-order valence-corrected chi connectivity index (χ3v) is 6.50. The minimum Gasteiger partial charge on any atom is -0.361 e. The minimum atomic E-state index is -0.305. The van der Waals surface area contributed by atoms with Crippen LogP contribution in [-0.4, -0.2) is 39.4 Å². The number of halogens is 1. The molecular weight excluding hydrogens is 419 g/mol. The fourth-order valence-electron chi connectivity index (χ4n) is 3.60. The molecule has 1 saturated heterocycles. The van der Waals surface area contributed by atoms with E-state index in [9.17, 15) is 14.0 Å². The lowest BCUT2D eigenvalue weighted by molar-refractivity contribution is 0.0985. The van der Waals surface area contributed by atoms with E-state index in [4.69, 9.17) is 4.52 Å². The van der Waals surface area contributed by atoms with Gasteiger partial charge in [0.15, 0.2) is 10.9 Å². The Hall–Kier alpha value is -3.07. The van der Waals surface area contributed by atoms with Gasteiger partial charge < -0.3 is 9.42 Å². The number of hydrogen-bond acceptors (Lipinski definition) is 6. The molecule has 2 aromatic heterocycles. The van der Waals surface area contributed by atoms with Gasteiger partial charge in [-0.2, -0.15) is 0 Å². The number of carbonyl (C=O) groups excluding carboxylic acids is 2. The maximum Gasteiger partial charge on any atom is 0.326 e. The summed E-state index contributed by atoms with van der Waals surface area (Å²) >= 11 is 1.25. The predicted molar refractivity (Wildman–Crippen MR) is 115 cm³/mol. The molecule has 7 nitrogen and oxygen atoms in total. The largest absolute Gasteiger partial charge is 0.361 e. The smallest absolute Gasteiger partial charge is 0.326 e. The van der Waals surface area contributed by atoms with Gasteiger partial charge >= 0.3 is 6.03 Å². The summed E-state index contributed by atoms with van der Waals surface area (Å²) in [5, 5.41) is 4.44. The van der Waals surface area contributed by atoms with Crippen LogP contribution in [0.15, 0.2) is 34.9 Å². The van der Waals surface area contributed by atoms with E-state index in [0.29, 0.717) is 47.4 Å². The van der Waals surface area contributed by atoms with Gasteiger partial charge in [0, 0.05) is 31.5 Å². The van der Waals surface area contributed by atoms with Crippen LogP contribution in [0.5, 0.6) is 0 Å². The van der Waals surface area contributed by atoms with Crippen molar-refractivity contribution in [3.8, 4) is 0 Å². The van der Waals surface area contributed by atoms with E-state index in [0.717, 1.165) is 11.3 Å². The normalized spacial score (nSPS) is 16.4. The number of amides is 2. The number of urea groups is 1. The Morgan fingerprint density at radius 2 is 2.03 bits per heavy atom. The van der Waals surface area contributed by atoms with Crippen LogP contribution in [0.4, 0.5) is 14.3 Å². The molecule has 0 radical (unpaired) electrons. The monoisotopic (exact) mass is 442 g/mol. The zero-order valence-corrected chi connectivity index (χ0v) is 18.4. The summed E-state index contributed by atoms with van der Waals surface area (Å²) in [6.45, 7) is 6.44. The van der Waals surface area contributed by atoms with Gasteiger partial charge in [0.2, 0.25) is 0 Å². The summed E-state index contributed by atoms with van der Waals surface area (Å²) in [5.41, 5.74) is 2.23. The molecule has 162 valence electrons. The number of aromatic nitrogens is 2. The molecule has 0 unspecified atom stereocenters. The molecule has 0 bridgehead atoms. The SMILES string of the molecule is Cc1cc(CCC(=O)c2sc(N3C[C@@H](C)N(Cc4ccc(F)cc4)C3=O)nc2C)no1. The lowest BCUT2D eigenvalue weighted by Crippen LogP contribution is -2.33. The number of ketones is 1. The number of nitrogens with zero attached hydrogens (tertiary/aromatic N) is 4. The van der Waals surface area contributed by atoms with Crippen molar-refractivity contribution in [3.05, 3.63) is 63.7 Å². The third kappa shape index (κ3) is 4.51. The van der Waals surface area contributed by atoms with Crippen LogP contribution in [0.25, 0.3) is 0 Å². The van der Waals surface area contributed by atoms with E-state index in [1.54, 1.807) is 28.9 Å². The quantitative estimate of drug-likeness (QED) is 0.502. The molecule has 1 fully saturated rings. The molecular formula is C22H23FN4O3S. The molecule has 1 aliphatic rings. The molecule has 0 N–H and O–H groups in total. The first-order valence-electron chi connectivity index (χ1n) is 10.1. The number of anilines is 1. The summed E-state index contributed by atoms with van der Waals surface area (Å²) in [4.78, 5) is 34.2. The van der Waals surface area contributed by atoms with Crippen LogP contribution in [0.1, 0.15) is 45.7 Å². The van der Waals surface area contributed by atoms with Crippen LogP contribution in [-0.2, 0) is 13.0 Å². The van der Waals surface area contributed by atoms with Gasteiger partial charge in [-0.05, 0) is 38.5 Å². The molecule has 4 rings (SSSR count).